The van der Waals surface area contributed by atoms with E-state index in [0.29, 0.717) is 77.8 Å². The Morgan fingerprint density at radius 3 is 0.681 bits per heavy atom. The van der Waals surface area contributed by atoms with Crippen LogP contribution in [0.5, 0.6) is 46.0 Å². The summed E-state index contributed by atoms with van der Waals surface area (Å²) in [6.07, 6.45) is 35.0. The maximum atomic E-state index is 6.82. The highest BCUT2D eigenvalue weighted by molar-refractivity contribution is 5.63. The van der Waals surface area contributed by atoms with Crippen LogP contribution in [0.2, 0.25) is 0 Å². The summed E-state index contributed by atoms with van der Waals surface area (Å²) in [6.45, 7) is 10.7. The fourth-order valence-electron chi connectivity index (χ4n) is 10.3. The normalized spacial score (nSPS) is 15.7. The second-order valence-corrected chi connectivity index (χ2v) is 18.5. The van der Waals surface area contributed by atoms with Gasteiger partial charge in [0.15, 0.2) is 0 Å². The lowest BCUT2D eigenvalue weighted by Crippen LogP contribution is -2.16. The summed E-state index contributed by atoms with van der Waals surface area (Å²) in [5, 5.41) is 0. The summed E-state index contributed by atoms with van der Waals surface area (Å²) in [7, 11) is 6.96. The van der Waals surface area contributed by atoms with Crippen molar-refractivity contribution in [1.82, 2.24) is 0 Å². The first-order valence-electron chi connectivity index (χ1n) is 26.4. The highest BCUT2D eigenvalue weighted by Crippen LogP contribution is 2.53. The molecule has 1 aliphatic carbocycles. The van der Waals surface area contributed by atoms with Crippen molar-refractivity contribution in [2.45, 2.75) is 154 Å². The quantitative estimate of drug-likeness (QED) is 0.0412. The van der Waals surface area contributed by atoms with Gasteiger partial charge in [0.25, 0.3) is 0 Å². The minimum Gasteiger partial charge on any atom is -0.496 e. The van der Waals surface area contributed by atoms with Crippen LogP contribution in [0.25, 0.3) is 0 Å². The minimum atomic E-state index is -0.167. The van der Waals surface area contributed by atoms with Crippen molar-refractivity contribution >= 4 is 0 Å². The Hall–Kier alpha value is -6.48. The molecule has 8 heteroatoms. The maximum absolute atomic E-state index is 6.82. The standard InChI is InChI=1S/C64H80O8/c1-13-21-25-33-69-61-41-57(65-9)49-37-53(61)45(29-17-5)50-38-54(62(42-58(50)66-10)70-34-26-22-14-2)47(31-19-7)52-40-56(64(44-60(52)68-12)72-36-28-24-16-4)48(32-20-8)51-39-55(46(49)30-18-6)63(43-59(51)67-11)71-35-27-23-15-3/h1-4,37-48H,17-36H2,5-12H3. The third-order valence-electron chi connectivity index (χ3n) is 13.7. The van der Waals surface area contributed by atoms with E-state index in [0.717, 1.165) is 142 Å². The average molecular weight is 977 g/mol. The van der Waals surface area contributed by atoms with E-state index in [1.807, 2.05) is 0 Å². The third-order valence-corrected chi connectivity index (χ3v) is 13.7. The van der Waals surface area contributed by atoms with Crippen molar-refractivity contribution in [1.29, 1.82) is 0 Å². The molecule has 4 aromatic carbocycles. The second-order valence-electron chi connectivity index (χ2n) is 18.5. The molecular formula is C64H80O8. The fourth-order valence-corrected chi connectivity index (χ4v) is 10.3. The molecule has 5 rings (SSSR count). The van der Waals surface area contributed by atoms with Gasteiger partial charge in [0.1, 0.15) is 46.0 Å². The predicted molar refractivity (Wildman–Crippen MR) is 293 cm³/mol. The zero-order chi connectivity index (χ0) is 51.8. The van der Waals surface area contributed by atoms with Crippen molar-refractivity contribution in [3.63, 3.8) is 0 Å². The van der Waals surface area contributed by atoms with Gasteiger partial charge in [-0.3, -0.25) is 0 Å². The molecule has 384 valence electrons. The number of hydrogen-bond acceptors (Lipinski definition) is 8. The number of rotatable bonds is 28. The molecule has 1 aliphatic rings. The molecule has 8 bridgehead atoms. The fraction of sp³-hybridized carbons (Fsp3) is 0.500. The number of unbranched alkanes of at least 4 members (excludes halogenated alkanes) is 4. The smallest absolute Gasteiger partial charge is 0.126 e. The van der Waals surface area contributed by atoms with Crippen molar-refractivity contribution in [3.8, 4) is 95.4 Å². The number of hydrogen-bond donors (Lipinski definition) is 0. The molecule has 8 nitrogen and oxygen atoms in total. The zero-order valence-electron chi connectivity index (χ0n) is 44.6. The van der Waals surface area contributed by atoms with Gasteiger partial charge in [0.05, 0.1) is 54.9 Å². The Morgan fingerprint density at radius 1 is 0.319 bits per heavy atom. The van der Waals surface area contributed by atoms with Gasteiger partial charge in [-0.15, -0.1) is 49.4 Å². The van der Waals surface area contributed by atoms with Gasteiger partial charge in [-0.1, -0.05) is 53.4 Å². The highest BCUT2D eigenvalue weighted by atomic mass is 16.5. The van der Waals surface area contributed by atoms with Crippen LogP contribution in [-0.4, -0.2) is 54.9 Å². The van der Waals surface area contributed by atoms with Crippen LogP contribution in [-0.2, 0) is 0 Å². The summed E-state index contributed by atoms with van der Waals surface area (Å²) in [5.41, 5.74) is 8.32. The molecule has 0 aliphatic heterocycles. The van der Waals surface area contributed by atoms with E-state index in [9.17, 15) is 0 Å². The molecule has 4 unspecified atom stereocenters. The molecule has 0 radical (unpaired) electrons. The molecule has 0 amide bonds. The second kappa shape index (κ2) is 29.8. The van der Waals surface area contributed by atoms with E-state index in [1.165, 1.54) is 0 Å². The lowest BCUT2D eigenvalue weighted by Gasteiger charge is -2.32. The Morgan fingerprint density at radius 2 is 0.514 bits per heavy atom. The van der Waals surface area contributed by atoms with Gasteiger partial charge in [0.2, 0.25) is 0 Å². The van der Waals surface area contributed by atoms with Gasteiger partial charge >= 0.3 is 0 Å². The zero-order valence-corrected chi connectivity index (χ0v) is 44.6. The van der Waals surface area contributed by atoms with Crippen molar-refractivity contribution in [3.05, 3.63) is 93.0 Å². The van der Waals surface area contributed by atoms with Crippen LogP contribution in [0.4, 0.5) is 0 Å². The number of fused-ring (bicyclic) bond motifs is 8. The molecule has 0 heterocycles. The number of methoxy groups -OCH3 is 4. The Labute approximate surface area is 433 Å². The first-order valence-corrected chi connectivity index (χ1v) is 26.4. The van der Waals surface area contributed by atoms with Crippen molar-refractivity contribution in [2.75, 3.05) is 54.9 Å². The van der Waals surface area contributed by atoms with Crippen molar-refractivity contribution < 1.29 is 37.9 Å². The molecular weight excluding hydrogens is 897 g/mol. The molecule has 4 atom stereocenters. The summed E-state index contributed by atoms with van der Waals surface area (Å²) in [4.78, 5) is 0. The van der Waals surface area contributed by atoms with E-state index in [4.69, 9.17) is 63.6 Å². The molecule has 4 aromatic rings. The number of terminal acetylenes is 4. The van der Waals surface area contributed by atoms with E-state index >= 15 is 0 Å². The summed E-state index contributed by atoms with van der Waals surface area (Å²) < 4.78 is 53.0. The molecule has 72 heavy (non-hydrogen) atoms. The van der Waals surface area contributed by atoms with E-state index in [2.05, 4.69) is 99.9 Å². The molecule has 0 aromatic heterocycles. The SMILES string of the molecule is C#CCCCOc1cc(OC)c2cc1C(CCC)c1cc(c(OCCCC#C)cc1OC)C(CCC)c1cc(c(OCCCC#C)cc1OC)C(CCC)c1cc(c(OCCCC#C)cc1OC)C2CCC. The molecule has 0 fully saturated rings. The van der Waals surface area contributed by atoms with E-state index in [-0.39, 0.29) is 23.7 Å². The lowest BCUT2D eigenvalue weighted by atomic mass is 9.76. The van der Waals surface area contributed by atoms with Crippen LogP contribution in [0.3, 0.4) is 0 Å². The minimum absolute atomic E-state index is 0.167. The topological polar surface area (TPSA) is 73.8 Å². The predicted octanol–water partition coefficient (Wildman–Crippen LogP) is 14.9. The highest BCUT2D eigenvalue weighted by Gasteiger charge is 2.34. The van der Waals surface area contributed by atoms with Gasteiger partial charge < -0.3 is 37.9 Å². The maximum Gasteiger partial charge on any atom is 0.126 e. The monoisotopic (exact) mass is 977 g/mol. The Balaban J connectivity index is 2.06. The molecule has 0 saturated heterocycles. The first-order chi connectivity index (χ1) is 35.2. The Kier molecular flexibility index (Phi) is 23.3. The van der Waals surface area contributed by atoms with Gasteiger partial charge in [-0.05, 0) is 75.6 Å². The van der Waals surface area contributed by atoms with E-state index < -0.39 is 0 Å². The van der Waals surface area contributed by atoms with Crippen LogP contribution < -0.4 is 37.9 Å². The van der Waals surface area contributed by atoms with Crippen LogP contribution in [0.15, 0.2) is 48.5 Å². The summed E-state index contributed by atoms with van der Waals surface area (Å²) >= 11 is 0. The molecule has 0 saturated carbocycles. The van der Waals surface area contributed by atoms with Gasteiger partial charge in [0, 0.05) is 118 Å². The third kappa shape index (κ3) is 13.9. The largest absolute Gasteiger partial charge is 0.496 e. The molecule has 0 N–H and O–H groups in total. The van der Waals surface area contributed by atoms with E-state index in [1.54, 1.807) is 28.4 Å². The average Bonchev–Trinajstić information content (AvgIpc) is 3.40. The van der Waals surface area contributed by atoms with Crippen LogP contribution in [0, 0.1) is 49.4 Å². The number of ether oxygens (including phenoxy) is 8. The summed E-state index contributed by atoms with van der Waals surface area (Å²) in [6, 6.07) is 17.7. The number of benzene rings is 4. The first kappa shape index (κ1) is 56.4. The van der Waals surface area contributed by atoms with Gasteiger partial charge in [-0.25, -0.2) is 0 Å². The lowest BCUT2D eigenvalue weighted by molar-refractivity contribution is 0.301. The van der Waals surface area contributed by atoms with Crippen LogP contribution in [0.1, 0.15) is 199 Å². The summed E-state index contributed by atoms with van der Waals surface area (Å²) in [5.74, 6) is 16.4. The Bertz CT molecular complexity index is 2180. The van der Waals surface area contributed by atoms with Crippen LogP contribution >= 0.6 is 0 Å². The van der Waals surface area contributed by atoms with Crippen molar-refractivity contribution in [2.24, 2.45) is 0 Å². The van der Waals surface area contributed by atoms with Gasteiger partial charge in [-0.2, -0.15) is 0 Å². The molecule has 0 spiro atoms.